The van der Waals surface area contributed by atoms with Crippen LogP contribution in [-0.2, 0) is 22.6 Å². The van der Waals surface area contributed by atoms with Crippen molar-refractivity contribution < 1.29 is 14.4 Å². The zero-order chi connectivity index (χ0) is 33.7. The first-order valence-electron chi connectivity index (χ1n) is 17.1. The van der Waals surface area contributed by atoms with Crippen molar-refractivity contribution in [3.63, 3.8) is 0 Å². The molecule has 2 amide bonds. The van der Waals surface area contributed by atoms with Crippen molar-refractivity contribution in [3.8, 4) is 11.1 Å². The number of aromatic nitrogens is 5. The SMILES string of the molecule is CC(=O)c1nn2c3c(cc(-c4cnc(C)nc4)cc13)CCCC(C)CCCC[C@@]13C[C@@H](C(=O)Nc4nc(Br)ccc4C)N(C(=O)C2)[C@@H]1C3. The maximum absolute atomic E-state index is 14.4. The number of hydrogen-bond acceptors (Lipinski definition) is 7. The topological polar surface area (TPSA) is 123 Å². The molecule has 250 valence electrons. The maximum atomic E-state index is 14.4. The summed E-state index contributed by atoms with van der Waals surface area (Å²) < 4.78 is 2.35. The predicted octanol–water partition coefficient (Wildman–Crippen LogP) is 7.00. The van der Waals surface area contributed by atoms with Crippen LogP contribution in [0.4, 0.5) is 5.82 Å². The second-order valence-corrected chi connectivity index (χ2v) is 15.1. The lowest BCUT2D eigenvalue weighted by Crippen LogP contribution is -2.47. The lowest BCUT2D eigenvalue weighted by atomic mass is 9.90. The molecular formula is C37H42BrN7O3. The van der Waals surface area contributed by atoms with Gasteiger partial charge >= 0.3 is 0 Å². The molecule has 1 unspecified atom stereocenters. The average Bonchev–Trinajstić information content (AvgIpc) is 3.45. The van der Waals surface area contributed by atoms with Gasteiger partial charge in [-0.05, 0) is 108 Å². The Balaban J connectivity index is 1.29. The van der Waals surface area contributed by atoms with Crippen molar-refractivity contribution in [1.29, 1.82) is 0 Å². The third-order valence-corrected chi connectivity index (χ3v) is 11.2. The fourth-order valence-corrected chi connectivity index (χ4v) is 8.36. The molecule has 1 saturated heterocycles. The minimum Gasteiger partial charge on any atom is -0.325 e. The van der Waals surface area contributed by atoms with Gasteiger partial charge < -0.3 is 10.2 Å². The number of nitrogens with one attached hydrogen (secondary N) is 1. The van der Waals surface area contributed by atoms with E-state index in [4.69, 9.17) is 5.10 Å². The van der Waals surface area contributed by atoms with Crippen LogP contribution < -0.4 is 5.32 Å². The van der Waals surface area contributed by atoms with Gasteiger partial charge in [0.15, 0.2) is 5.78 Å². The van der Waals surface area contributed by atoms with Gasteiger partial charge in [-0.1, -0.05) is 38.7 Å². The standard InChI is InChI=1S/C37H42BrN7O3/c1-21-8-5-6-13-37-16-29(36(48)42-35-22(2)11-12-31(38)41-35)45(30(37)17-37)32(47)20-44-34-25(10-7-9-21)14-26(27-18-39-24(4)40-19-27)15-28(34)33(43-44)23(3)46/h11-12,14-15,18-19,21,29-30H,5-10,13,16-17,20H2,1-4H3,(H,41,42,48)/t21?,29-,30+,37-/m0/s1. The first-order chi connectivity index (χ1) is 23.0. The van der Waals surface area contributed by atoms with Gasteiger partial charge in [0.2, 0.25) is 11.8 Å². The van der Waals surface area contributed by atoms with Crippen molar-refractivity contribution >= 4 is 50.2 Å². The van der Waals surface area contributed by atoms with Gasteiger partial charge in [-0.25, -0.2) is 15.0 Å². The van der Waals surface area contributed by atoms with E-state index in [2.05, 4.69) is 49.2 Å². The highest BCUT2D eigenvalue weighted by Crippen LogP contribution is 2.62. The second-order valence-electron chi connectivity index (χ2n) is 14.2. The molecule has 48 heavy (non-hydrogen) atoms. The fourth-order valence-electron chi connectivity index (χ4n) is 8.05. The van der Waals surface area contributed by atoms with Crippen LogP contribution in [0, 0.1) is 25.2 Å². The molecule has 11 heteroatoms. The molecule has 2 aliphatic heterocycles. The first-order valence-corrected chi connectivity index (χ1v) is 17.9. The summed E-state index contributed by atoms with van der Waals surface area (Å²) in [5.74, 6) is 1.25. The number of benzene rings is 1. The number of carbonyl (C=O) groups excluding carboxylic acids is 3. The van der Waals surface area contributed by atoms with Crippen LogP contribution in [-0.4, -0.2) is 59.3 Å². The number of rotatable bonds is 4. The lowest BCUT2D eigenvalue weighted by molar-refractivity contribution is -0.138. The summed E-state index contributed by atoms with van der Waals surface area (Å²) in [5.41, 5.74) is 4.79. The van der Waals surface area contributed by atoms with Crippen LogP contribution in [0.5, 0.6) is 0 Å². The van der Waals surface area contributed by atoms with E-state index in [1.54, 1.807) is 17.1 Å². The lowest BCUT2D eigenvalue weighted by Gasteiger charge is -2.27. The van der Waals surface area contributed by atoms with Gasteiger partial charge in [0.25, 0.3) is 0 Å². The summed E-state index contributed by atoms with van der Waals surface area (Å²) in [6.45, 7) is 7.56. The maximum Gasteiger partial charge on any atom is 0.248 e. The fraction of sp³-hybridized carbons (Fsp3) is 0.486. The highest BCUT2D eigenvalue weighted by atomic mass is 79.9. The summed E-state index contributed by atoms with van der Waals surface area (Å²) >= 11 is 3.41. The number of halogens is 1. The molecule has 2 fully saturated rings. The van der Waals surface area contributed by atoms with Crippen molar-refractivity contribution in [3.05, 3.63) is 63.9 Å². The third kappa shape index (κ3) is 6.17. The van der Waals surface area contributed by atoms with Crippen molar-refractivity contribution in [2.24, 2.45) is 11.3 Å². The molecule has 0 spiro atoms. The number of piperidine rings is 1. The van der Waals surface area contributed by atoms with E-state index in [1.807, 2.05) is 36.9 Å². The molecule has 1 aliphatic carbocycles. The van der Waals surface area contributed by atoms with E-state index < -0.39 is 6.04 Å². The Kier molecular flexibility index (Phi) is 8.68. The van der Waals surface area contributed by atoms with E-state index in [0.717, 1.165) is 84.5 Å². The number of pyridine rings is 1. The van der Waals surface area contributed by atoms with Crippen LogP contribution in [0.25, 0.3) is 22.0 Å². The zero-order valence-corrected chi connectivity index (χ0v) is 29.6. The van der Waals surface area contributed by atoms with Crippen LogP contribution in [0.2, 0.25) is 0 Å². The Morgan fingerprint density at radius 3 is 2.56 bits per heavy atom. The smallest absolute Gasteiger partial charge is 0.248 e. The quantitative estimate of drug-likeness (QED) is 0.179. The Morgan fingerprint density at radius 2 is 1.79 bits per heavy atom. The zero-order valence-electron chi connectivity index (χ0n) is 28.1. The molecule has 1 aromatic carbocycles. The van der Waals surface area contributed by atoms with Crippen molar-refractivity contribution in [2.45, 2.75) is 104 Å². The van der Waals surface area contributed by atoms with E-state index in [-0.39, 0.29) is 35.6 Å². The van der Waals surface area contributed by atoms with E-state index in [1.165, 1.54) is 6.92 Å². The highest BCUT2D eigenvalue weighted by molar-refractivity contribution is 9.10. The van der Waals surface area contributed by atoms with E-state index in [9.17, 15) is 14.4 Å². The molecule has 7 rings (SSSR count). The normalized spacial score (nSPS) is 24.4. The number of carbonyl (C=O) groups is 3. The third-order valence-electron chi connectivity index (χ3n) is 10.7. The molecule has 3 aliphatic rings. The van der Waals surface area contributed by atoms with Gasteiger partial charge in [0.1, 0.15) is 34.5 Å². The van der Waals surface area contributed by atoms with Crippen molar-refractivity contribution in [1.82, 2.24) is 29.6 Å². The Bertz CT molecular complexity index is 1920. The minimum absolute atomic E-state index is 0.0179. The van der Waals surface area contributed by atoms with Gasteiger partial charge in [-0.15, -0.1) is 0 Å². The predicted molar refractivity (Wildman–Crippen MR) is 187 cm³/mol. The average molecular weight is 713 g/mol. The summed E-state index contributed by atoms with van der Waals surface area (Å²) in [5, 5.41) is 8.55. The molecule has 1 saturated carbocycles. The van der Waals surface area contributed by atoms with E-state index >= 15 is 0 Å². The van der Waals surface area contributed by atoms with Crippen LogP contribution >= 0.6 is 15.9 Å². The Morgan fingerprint density at radius 1 is 1.02 bits per heavy atom. The molecule has 5 heterocycles. The molecule has 1 N–H and O–H groups in total. The van der Waals surface area contributed by atoms with Gasteiger partial charge in [-0.2, -0.15) is 5.10 Å². The number of aryl methyl sites for hydroxylation is 3. The van der Waals surface area contributed by atoms with Crippen LogP contribution in [0.3, 0.4) is 0 Å². The number of anilines is 1. The highest BCUT2D eigenvalue weighted by Gasteiger charge is 2.66. The number of hydrogen-bond donors (Lipinski definition) is 1. The first kappa shape index (κ1) is 32.6. The molecule has 0 radical (unpaired) electrons. The molecule has 2 bridgehead atoms. The van der Waals surface area contributed by atoms with Gasteiger partial charge in [0.05, 0.1) is 5.52 Å². The summed E-state index contributed by atoms with van der Waals surface area (Å²) in [6.07, 6.45) is 12.5. The number of Topliss-reactive ketones (excluding diaryl/α,β-unsaturated/α-hetero) is 1. The summed E-state index contributed by atoms with van der Waals surface area (Å²) in [7, 11) is 0. The van der Waals surface area contributed by atoms with Crippen molar-refractivity contribution in [2.75, 3.05) is 5.32 Å². The monoisotopic (exact) mass is 711 g/mol. The summed E-state index contributed by atoms with van der Waals surface area (Å²) in [6, 6.07) is 7.28. The number of amides is 2. The van der Waals surface area contributed by atoms with Crippen LogP contribution in [0.15, 0.2) is 41.3 Å². The molecule has 4 aromatic rings. The summed E-state index contributed by atoms with van der Waals surface area (Å²) in [4.78, 5) is 56.5. The molecule has 10 nitrogen and oxygen atoms in total. The van der Waals surface area contributed by atoms with Gasteiger partial charge in [0, 0.05) is 36.3 Å². The largest absolute Gasteiger partial charge is 0.325 e. The second kappa shape index (κ2) is 12.8. The molecular weight excluding hydrogens is 670 g/mol. The number of nitrogens with zero attached hydrogens (tertiary/aromatic N) is 6. The Hall–Kier alpha value is -3.99. The van der Waals surface area contributed by atoms with E-state index in [0.29, 0.717) is 34.3 Å². The van der Waals surface area contributed by atoms with Crippen LogP contribution in [0.1, 0.15) is 92.7 Å². The molecule has 4 atom stereocenters. The minimum atomic E-state index is -0.604. The Labute approximate surface area is 289 Å². The van der Waals surface area contributed by atoms with Gasteiger partial charge in [-0.3, -0.25) is 19.1 Å². The number of ketones is 1. The molecule has 3 aromatic heterocycles.